The zero-order valence-electron chi connectivity index (χ0n) is 38.1. The first-order chi connectivity index (χ1) is 26.3. The molecule has 0 aliphatic heterocycles. The minimum atomic E-state index is -5.15. The smallest absolute Gasteiger partial charge is 0.747 e. The number of hydrogen-bond donors (Lipinski definition) is 1. The van der Waals surface area contributed by atoms with Crippen molar-refractivity contribution < 1.29 is 153 Å². The van der Waals surface area contributed by atoms with Gasteiger partial charge in [-0.05, 0) is 37.5 Å². The molecule has 0 spiro atoms. The summed E-state index contributed by atoms with van der Waals surface area (Å²) in [5.41, 5.74) is -2.18. The Hall–Kier alpha value is 0.700. The van der Waals surface area contributed by atoms with Crippen molar-refractivity contribution in [3.63, 3.8) is 0 Å². The largest absolute Gasteiger partial charge is 1.00 e. The van der Waals surface area contributed by atoms with Crippen LogP contribution in [-0.2, 0) is 48.9 Å². The van der Waals surface area contributed by atoms with Gasteiger partial charge in [-0.1, -0.05) is 157 Å². The molecule has 0 aliphatic carbocycles. The quantitative estimate of drug-likeness (QED) is 0.0294. The molecular formula is C40H73Na3O14S2. The summed E-state index contributed by atoms with van der Waals surface area (Å²) in [6.07, 6.45) is 16.2. The molecule has 0 saturated heterocycles. The molecular weight excluding hydrogens is 838 g/mol. The Morgan fingerprint density at radius 3 is 1.29 bits per heavy atom. The summed E-state index contributed by atoms with van der Waals surface area (Å²) in [6.45, 7) is 12.4. The van der Waals surface area contributed by atoms with Gasteiger partial charge in [-0.25, -0.2) is 8.42 Å². The zero-order valence-corrected chi connectivity index (χ0v) is 45.7. The molecule has 0 saturated carbocycles. The number of hydrogen-bond acceptors (Lipinski definition) is 13. The van der Waals surface area contributed by atoms with Crippen LogP contribution in [0.3, 0.4) is 0 Å². The summed E-state index contributed by atoms with van der Waals surface area (Å²) in [6, 6.07) is 0. The van der Waals surface area contributed by atoms with Gasteiger partial charge >= 0.3 is 101 Å². The van der Waals surface area contributed by atoms with Crippen molar-refractivity contribution >= 4 is 44.1 Å². The Morgan fingerprint density at radius 1 is 0.593 bits per heavy atom. The molecule has 0 bridgehead atoms. The molecule has 14 nitrogen and oxygen atoms in total. The predicted octanol–water partition coefficient (Wildman–Crippen LogP) is -2.95. The molecule has 0 aliphatic rings. The standard InChI is InChI=1S/2C20H38O7S.3Na/c1-5-9-11-16(7-3)14-26-19(21)13-18(28(23,24)25)20(22)27-15-17(8-4)12-10-6-2;1-3-5-7-9-11-13-15-20(19(23)24,16-14-12-10-8-6-4-2)17(18(21)22)28(25,26)27;;;/h16-18H,5-15H2,1-4H3,(H,23,24,25);17H,3-16H2,1-2H3,(H,21,22)(H,23,24)(H,25,26,27);;;/q;;3*+1/p-3. The van der Waals surface area contributed by atoms with Crippen molar-refractivity contribution in [1.29, 1.82) is 0 Å². The summed E-state index contributed by atoms with van der Waals surface area (Å²) in [4.78, 5) is 47.6. The number of esters is 2. The third kappa shape index (κ3) is 32.1. The van der Waals surface area contributed by atoms with E-state index in [0.717, 1.165) is 103 Å². The molecule has 0 amide bonds. The van der Waals surface area contributed by atoms with Gasteiger partial charge in [-0.15, -0.1) is 0 Å². The van der Waals surface area contributed by atoms with E-state index in [0.29, 0.717) is 25.7 Å². The molecule has 0 heterocycles. The molecule has 0 radical (unpaired) electrons. The minimum Gasteiger partial charge on any atom is -0.747 e. The first-order valence-corrected chi connectivity index (χ1v) is 23.9. The molecule has 4 unspecified atom stereocenters. The molecule has 0 aromatic carbocycles. The first-order valence-electron chi connectivity index (χ1n) is 21.0. The molecule has 0 aromatic rings. The van der Waals surface area contributed by atoms with Crippen molar-refractivity contribution in [3.8, 4) is 0 Å². The Kier molecular flexibility index (Phi) is 46.9. The summed E-state index contributed by atoms with van der Waals surface area (Å²) < 4.78 is 77.4. The van der Waals surface area contributed by atoms with Crippen LogP contribution < -0.4 is 98.9 Å². The molecule has 0 aromatic heterocycles. The first kappa shape index (κ1) is 68.8. The van der Waals surface area contributed by atoms with Crippen LogP contribution in [0.15, 0.2) is 0 Å². The SMILES string of the molecule is CCCCC(CC)COC(=O)CC(C(=O)OCC(CC)CCCC)S(=O)(=O)[O-].CCCCCCCCC(CCCCCCCC)(C(=O)[O-])C(C(=O)[O-])S(=O)(=O)O.[Na+].[Na+].[Na+]. The number of carboxylic acids is 2. The summed E-state index contributed by atoms with van der Waals surface area (Å²) in [5.74, 6) is -5.59. The second-order valence-electron chi connectivity index (χ2n) is 15.0. The average molecular weight is 911 g/mol. The topological polar surface area (TPSA) is 244 Å². The molecule has 19 heteroatoms. The van der Waals surface area contributed by atoms with Gasteiger partial charge in [0.2, 0.25) is 0 Å². The Morgan fingerprint density at radius 2 is 0.966 bits per heavy atom. The van der Waals surface area contributed by atoms with E-state index in [1.165, 1.54) is 0 Å². The van der Waals surface area contributed by atoms with E-state index < -0.39 is 66.4 Å². The van der Waals surface area contributed by atoms with Gasteiger partial charge in [0.1, 0.15) is 15.4 Å². The van der Waals surface area contributed by atoms with Gasteiger partial charge in [0.15, 0.2) is 5.25 Å². The second-order valence-corrected chi connectivity index (χ2v) is 18.1. The van der Waals surface area contributed by atoms with Crippen LogP contribution >= 0.6 is 0 Å². The Labute approximate surface area is 423 Å². The molecule has 0 fully saturated rings. The monoisotopic (exact) mass is 910 g/mol. The van der Waals surface area contributed by atoms with E-state index in [4.69, 9.17) is 9.47 Å². The number of carbonyl (C=O) groups is 4. The van der Waals surface area contributed by atoms with Crippen LogP contribution in [0.2, 0.25) is 0 Å². The van der Waals surface area contributed by atoms with Gasteiger partial charge in [0, 0.05) is 11.4 Å². The molecule has 332 valence electrons. The summed E-state index contributed by atoms with van der Waals surface area (Å²) >= 11 is 0. The second kappa shape index (κ2) is 40.2. The number of unbranched alkanes of at least 4 members (excludes halogenated alkanes) is 12. The number of carbonyl (C=O) groups excluding carboxylic acids is 4. The third-order valence-electron chi connectivity index (χ3n) is 10.4. The number of ether oxygens (including phenoxy) is 2. The van der Waals surface area contributed by atoms with Crippen LogP contribution in [0, 0.1) is 17.3 Å². The Balaban J connectivity index is -0.000000314. The van der Waals surface area contributed by atoms with E-state index >= 15 is 0 Å². The Bertz CT molecular complexity index is 1300. The zero-order chi connectivity index (χ0) is 43.2. The third-order valence-corrected chi connectivity index (χ3v) is 12.7. The van der Waals surface area contributed by atoms with Crippen molar-refractivity contribution in [2.45, 2.75) is 200 Å². The molecule has 1 N–H and O–H groups in total. The summed E-state index contributed by atoms with van der Waals surface area (Å²) in [7, 11) is -10.2. The van der Waals surface area contributed by atoms with Crippen molar-refractivity contribution in [1.82, 2.24) is 0 Å². The van der Waals surface area contributed by atoms with E-state index in [1.807, 2.05) is 13.8 Å². The fourth-order valence-corrected chi connectivity index (χ4v) is 8.37. The maximum absolute atomic E-state index is 12.1. The minimum absolute atomic E-state index is 0. The van der Waals surface area contributed by atoms with Crippen LogP contribution in [0.1, 0.15) is 189 Å². The van der Waals surface area contributed by atoms with Crippen LogP contribution in [0.4, 0.5) is 0 Å². The summed E-state index contributed by atoms with van der Waals surface area (Å²) in [5, 5.41) is 18.9. The van der Waals surface area contributed by atoms with E-state index in [-0.39, 0.29) is 127 Å². The van der Waals surface area contributed by atoms with Gasteiger partial charge in [0.25, 0.3) is 10.1 Å². The van der Waals surface area contributed by atoms with Crippen LogP contribution in [-0.4, -0.2) is 73.5 Å². The number of rotatable bonds is 34. The molecule has 0 rings (SSSR count). The fourth-order valence-electron chi connectivity index (χ4n) is 6.59. The van der Waals surface area contributed by atoms with Gasteiger partial charge < -0.3 is 33.8 Å². The fraction of sp³-hybridized carbons (Fsp3) is 0.900. The normalized spacial score (nSPS) is 13.4. The predicted molar refractivity (Wildman–Crippen MR) is 210 cm³/mol. The molecule has 59 heavy (non-hydrogen) atoms. The van der Waals surface area contributed by atoms with Crippen molar-refractivity contribution in [3.05, 3.63) is 0 Å². The maximum atomic E-state index is 12.1. The number of carboxylic acid groups (broad SMARTS) is 2. The van der Waals surface area contributed by atoms with Crippen LogP contribution in [0.25, 0.3) is 0 Å². The number of aliphatic carboxylic acids is 2. The van der Waals surface area contributed by atoms with E-state index in [1.54, 1.807) is 0 Å². The van der Waals surface area contributed by atoms with Gasteiger partial charge in [0.05, 0.1) is 25.6 Å². The van der Waals surface area contributed by atoms with E-state index in [2.05, 4.69) is 27.7 Å². The van der Waals surface area contributed by atoms with Crippen LogP contribution in [0.5, 0.6) is 0 Å². The van der Waals surface area contributed by atoms with Crippen molar-refractivity contribution in [2.75, 3.05) is 13.2 Å². The van der Waals surface area contributed by atoms with E-state index in [9.17, 15) is 55.3 Å². The maximum Gasteiger partial charge on any atom is 1.00 e. The molecule has 4 atom stereocenters. The van der Waals surface area contributed by atoms with Gasteiger partial charge in [-0.2, -0.15) is 8.42 Å². The van der Waals surface area contributed by atoms with Crippen molar-refractivity contribution in [2.24, 2.45) is 17.3 Å². The van der Waals surface area contributed by atoms with Gasteiger partial charge in [-0.3, -0.25) is 14.1 Å². The average Bonchev–Trinajstić information content (AvgIpc) is 3.12.